The molecular formula is C11H18ClNO. The molecule has 1 aromatic rings. The quantitative estimate of drug-likeness (QED) is 0.731. The summed E-state index contributed by atoms with van der Waals surface area (Å²) in [6.45, 7) is 6.48. The molecule has 2 nitrogen and oxygen atoms in total. The fourth-order valence-electron chi connectivity index (χ4n) is 1.20. The molecule has 0 amide bonds. The van der Waals surface area contributed by atoms with Gasteiger partial charge in [-0.3, -0.25) is 0 Å². The molecular weight excluding hydrogens is 198 g/mol. The number of anilines is 1. The van der Waals surface area contributed by atoms with Crippen molar-refractivity contribution in [1.29, 1.82) is 0 Å². The third-order valence-electron chi connectivity index (χ3n) is 2.10. The summed E-state index contributed by atoms with van der Waals surface area (Å²) in [6.07, 6.45) is 0. The standard InChI is InChI=1S/C11H17NO.ClH/c1-11(2,3)8-5-6-10(13-4)9(12)7-8;/h5-7H,12H2,1-4H3;1H. The first-order valence-electron chi connectivity index (χ1n) is 4.39. The van der Waals surface area contributed by atoms with Crippen LogP contribution in [0.1, 0.15) is 26.3 Å². The highest BCUT2D eigenvalue weighted by Gasteiger charge is 2.14. The van der Waals surface area contributed by atoms with Gasteiger partial charge in [0.1, 0.15) is 5.75 Å². The molecule has 0 saturated heterocycles. The van der Waals surface area contributed by atoms with Crippen molar-refractivity contribution in [3.8, 4) is 5.75 Å². The Bertz CT molecular complexity index is 305. The number of halogens is 1. The van der Waals surface area contributed by atoms with Crippen molar-refractivity contribution >= 4 is 18.1 Å². The second-order valence-corrected chi connectivity index (χ2v) is 4.21. The summed E-state index contributed by atoms with van der Waals surface area (Å²) in [5.41, 5.74) is 7.87. The van der Waals surface area contributed by atoms with E-state index in [-0.39, 0.29) is 17.8 Å². The fraction of sp³-hybridized carbons (Fsp3) is 0.455. The molecule has 0 aliphatic rings. The van der Waals surface area contributed by atoms with Crippen molar-refractivity contribution in [3.05, 3.63) is 23.8 Å². The Morgan fingerprint density at radius 1 is 1.21 bits per heavy atom. The molecule has 0 heterocycles. The summed E-state index contributed by atoms with van der Waals surface area (Å²) >= 11 is 0. The van der Waals surface area contributed by atoms with Crippen LogP contribution in [0.5, 0.6) is 5.75 Å². The van der Waals surface area contributed by atoms with Gasteiger partial charge in [-0.1, -0.05) is 26.8 Å². The second-order valence-electron chi connectivity index (χ2n) is 4.21. The van der Waals surface area contributed by atoms with Gasteiger partial charge in [0.25, 0.3) is 0 Å². The van der Waals surface area contributed by atoms with Gasteiger partial charge in [-0.2, -0.15) is 0 Å². The van der Waals surface area contributed by atoms with E-state index in [1.54, 1.807) is 7.11 Å². The molecule has 0 saturated carbocycles. The fourth-order valence-corrected chi connectivity index (χ4v) is 1.20. The number of methoxy groups -OCH3 is 1. The maximum atomic E-state index is 5.80. The zero-order valence-corrected chi connectivity index (χ0v) is 9.94. The predicted molar refractivity (Wildman–Crippen MR) is 63.4 cm³/mol. The van der Waals surface area contributed by atoms with Crippen LogP contribution in [0.15, 0.2) is 18.2 Å². The molecule has 0 aromatic heterocycles. The van der Waals surface area contributed by atoms with Crippen LogP contribution in [0.25, 0.3) is 0 Å². The molecule has 1 aromatic carbocycles. The second kappa shape index (κ2) is 4.56. The zero-order chi connectivity index (χ0) is 10.1. The maximum absolute atomic E-state index is 5.80. The van der Waals surface area contributed by atoms with E-state index < -0.39 is 0 Å². The van der Waals surface area contributed by atoms with E-state index in [2.05, 4.69) is 26.8 Å². The van der Waals surface area contributed by atoms with Crippen LogP contribution in [-0.4, -0.2) is 7.11 Å². The summed E-state index contributed by atoms with van der Waals surface area (Å²) in [5, 5.41) is 0. The normalized spacial score (nSPS) is 10.6. The zero-order valence-electron chi connectivity index (χ0n) is 9.13. The highest BCUT2D eigenvalue weighted by atomic mass is 35.5. The number of hydrogen-bond donors (Lipinski definition) is 1. The molecule has 0 atom stereocenters. The predicted octanol–water partition coefficient (Wildman–Crippen LogP) is 3.00. The lowest BCUT2D eigenvalue weighted by Gasteiger charge is -2.20. The number of ether oxygens (including phenoxy) is 1. The van der Waals surface area contributed by atoms with Crippen molar-refractivity contribution in [2.75, 3.05) is 12.8 Å². The molecule has 0 spiro atoms. The maximum Gasteiger partial charge on any atom is 0.141 e. The third-order valence-corrected chi connectivity index (χ3v) is 2.10. The molecule has 80 valence electrons. The number of rotatable bonds is 1. The SMILES string of the molecule is COc1ccc(C(C)(C)C)cc1N.Cl. The van der Waals surface area contributed by atoms with E-state index >= 15 is 0 Å². The van der Waals surface area contributed by atoms with Crippen LogP contribution in [0.4, 0.5) is 5.69 Å². The minimum atomic E-state index is 0. The Hall–Kier alpha value is -0.890. The van der Waals surface area contributed by atoms with E-state index in [0.717, 1.165) is 5.75 Å². The van der Waals surface area contributed by atoms with Crippen molar-refractivity contribution in [1.82, 2.24) is 0 Å². The third kappa shape index (κ3) is 2.81. The lowest BCUT2D eigenvalue weighted by Crippen LogP contribution is -2.11. The van der Waals surface area contributed by atoms with E-state index in [0.29, 0.717) is 5.69 Å². The van der Waals surface area contributed by atoms with Crippen LogP contribution < -0.4 is 10.5 Å². The van der Waals surface area contributed by atoms with Crippen LogP contribution in [-0.2, 0) is 5.41 Å². The van der Waals surface area contributed by atoms with Crippen LogP contribution in [0.2, 0.25) is 0 Å². The van der Waals surface area contributed by atoms with Gasteiger partial charge in [0.05, 0.1) is 12.8 Å². The average Bonchev–Trinajstić information content (AvgIpc) is 2.02. The molecule has 0 radical (unpaired) electrons. The Morgan fingerprint density at radius 3 is 2.14 bits per heavy atom. The number of nitrogens with two attached hydrogens (primary N) is 1. The Morgan fingerprint density at radius 2 is 1.79 bits per heavy atom. The van der Waals surface area contributed by atoms with E-state index in [4.69, 9.17) is 10.5 Å². The summed E-state index contributed by atoms with van der Waals surface area (Å²) in [5.74, 6) is 0.744. The number of hydrogen-bond acceptors (Lipinski definition) is 2. The Labute approximate surface area is 91.9 Å². The van der Waals surface area contributed by atoms with Gasteiger partial charge in [0.2, 0.25) is 0 Å². The first-order valence-corrected chi connectivity index (χ1v) is 4.39. The van der Waals surface area contributed by atoms with Gasteiger partial charge in [-0.25, -0.2) is 0 Å². The van der Waals surface area contributed by atoms with Crippen molar-refractivity contribution in [3.63, 3.8) is 0 Å². The van der Waals surface area contributed by atoms with Crippen molar-refractivity contribution in [2.45, 2.75) is 26.2 Å². The molecule has 0 unspecified atom stereocenters. The number of benzene rings is 1. The minimum Gasteiger partial charge on any atom is -0.495 e. The Balaban J connectivity index is 0.00000169. The van der Waals surface area contributed by atoms with E-state index in [1.165, 1.54) is 5.56 Å². The summed E-state index contributed by atoms with van der Waals surface area (Å²) in [6, 6.07) is 5.93. The average molecular weight is 216 g/mol. The first-order chi connectivity index (χ1) is 5.95. The van der Waals surface area contributed by atoms with Crippen LogP contribution >= 0.6 is 12.4 Å². The van der Waals surface area contributed by atoms with Gasteiger partial charge in [-0.05, 0) is 23.1 Å². The molecule has 2 N–H and O–H groups in total. The highest BCUT2D eigenvalue weighted by Crippen LogP contribution is 2.29. The molecule has 3 heteroatoms. The molecule has 0 aliphatic heterocycles. The van der Waals surface area contributed by atoms with Gasteiger partial charge >= 0.3 is 0 Å². The van der Waals surface area contributed by atoms with Gasteiger partial charge < -0.3 is 10.5 Å². The summed E-state index contributed by atoms with van der Waals surface area (Å²) < 4.78 is 5.09. The van der Waals surface area contributed by atoms with Gasteiger partial charge in [-0.15, -0.1) is 12.4 Å². The Kier molecular flexibility index (Phi) is 4.27. The first kappa shape index (κ1) is 13.1. The summed E-state index contributed by atoms with van der Waals surface area (Å²) in [4.78, 5) is 0. The molecule has 0 aliphatic carbocycles. The van der Waals surface area contributed by atoms with Gasteiger partial charge in [0.15, 0.2) is 0 Å². The lowest BCUT2D eigenvalue weighted by molar-refractivity contribution is 0.416. The largest absolute Gasteiger partial charge is 0.495 e. The minimum absolute atomic E-state index is 0. The molecule has 0 bridgehead atoms. The topological polar surface area (TPSA) is 35.2 Å². The smallest absolute Gasteiger partial charge is 0.141 e. The van der Waals surface area contributed by atoms with Crippen LogP contribution in [0.3, 0.4) is 0 Å². The molecule has 14 heavy (non-hydrogen) atoms. The van der Waals surface area contributed by atoms with Crippen LogP contribution in [0, 0.1) is 0 Å². The summed E-state index contributed by atoms with van der Waals surface area (Å²) in [7, 11) is 1.63. The monoisotopic (exact) mass is 215 g/mol. The van der Waals surface area contributed by atoms with E-state index in [9.17, 15) is 0 Å². The number of nitrogen functional groups attached to an aromatic ring is 1. The molecule has 1 rings (SSSR count). The highest BCUT2D eigenvalue weighted by molar-refractivity contribution is 5.85. The molecule has 0 fully saturated rings. The van der Waals surface area contributed by atoms with Crippen molar-refractivity contribution < 1.29 is 4.74 Å². The van der Waals surface area contributed by atoms with Crippen molar-refractivity contribution in [2.24, 2.45) is 0 Å². The van der Waals surface area contributed by atoms with Gasteiger partial charge in [0, 0.05) is 0 Å². The van der Waals surface area contributed by atoms with E-state index in [1.807, 2.05) is 12.1 Å². The lowest BCUT2D eigenvalue weighted by atomic mass is 9.87.